The van der Waals surface area contributed by atoms with Crippen LogP contribution in [0.3, 0.4) is 0 Å². The average Bonchev–Trinajstić information content (AvgIpc) is 2.78. The molecule has 1 saturated heterocycles. The summed E-state index contributed by atoms with van der Waals surface area (Å²) in [6.07, 6.45) is 2.59. The maximum absolute atomic E-state index is 5.87. The minimum atomic E-state index is 0.312. The Kier molecular flexibility index (Phi) is 4.19. The predicted molar refractivity (Wildman–Crippen MR) is 71.1 cm³/mol. The molecule has 2 heteroatoms. The number of benzene rings is 1. The van der Waals surface area contributed by atoms with Gasteiger partial charge in [-0.05, 0) is 36.9 Å². The first kappa shape index (κ1) is 12.6. The summed E-state index contributed by atoms with van der Waals surface area (Å²) in [5.41, 5.74) is 2.73. The van der Waals surface area contributed by atoms with E-state index in [1.165, 1.54) is 17.5 Å². The molecule has 1 fully saturated rings. The molecule has 2 nitrogen and oxygen atoms in total. The molecule has 1 heterocycles. The van der Waals surface area contributed by atoms with Gasteiger partial charge in [-0.2, -0.15) is 0 Å². The van der Waals surface area contributed by atoms with Gasteiger partial charge in [0.1, 0.15) is 0 Å². The van der Waals surface area contributed by atoms with Crippen LogP contribution in [0.25, 0.3) is 0 Å². The summed E-state index contributed by atoms with van der Waals surface area (Å²) in [6.45, 7) is 5.37. The lowest BCUT2D eigenvalue weighted by molar-refractivity contribution is 0.0631. The van der Waals surface area contributed by atoms with Gasteiger partial charge in [0.05, 0.1) is 12.1 Å². The van der Waals surface area contributed by atoms with Crippen molar-refractivity contribution in [1.29, 1.82) is 0 Å². The third-order valence-corrected chi connectivity index (χ3v) is 3.83. The Labute approximate surface area is 104 Å². The summed E-state index contributed by atoms with van der Waals surface area (Å²) in [5.74, 6) is 0.637. The normalized spacial score (nSPS) is 26.1. The van der Waals surface area contributed by atoms with E-state index in [4.69, 9.17) is 4.74 Å². The molecule has 1 N–H and O–H groups in total. The maximum atomic E-state index is 5.87. The van der Waals surface area contributed by atoms with Crippen molar-refractivity contribution in [2.45, 2.75) is 38.8 Å². The van der Waals surface area contributed by atoms with Gasteiger partial charge in [0.15, 0.2) is 0 Å². The minimum Gasteiger partial charge on any atom is -0.376 e. The van der Waals surface area contributed by atoms with Crippen LogP contribution in [-0.4, -0.2) is 19.8 Å². The van der Waals surface area contributed by atoms with Crippen LogP contribution in [-0.2, 0) is 11.2 Å². The van der Waals surface area contributed by atoms with Gasteiger partial charge >= 0.3 is 0 Å². The van der Waals surface area contributed by atoms with E-state index >= 15 is 0 Å². The van der Waals surface area contributed by atoms with Crippen molar-refractivity contribution >= 4 is 0 Å². The van der Waals surface area contributed by atoms with Crippen molar-refractivity contribution in [3.05, 3.63) is 35.4 Å². The van der Waals surface area contributed by atoms with Crippen molar-refractivity contribution in [1.82, 2.24) is 5.32 Å². The molecule has 0 spiro atoms. The molecule has 0 amide bonds. The van der Waals surface area contributed by atoms with Crippen molar-refractivity contribution in [3.8, 4) is 0 Å². The first-order valence-electron chi connectivity index (χ1n) is 6.64. The van der Waals surface area contributed by atoms with E-state index in [1.54, 1.807) is 0 Å². The van der Waals surface area contributed by atoms with Crippen molar-refractivity contribution < 1.29 is 4.74 Å². The lowest BCUT2D eigenvalue weighted by Gasteiger charge is -2.26. The standard InChI is InChI=1S/C15H23NO/c1-4-12-5-7-13(8-6-12)14(16-3)15-11(2)9-10-17-15/h5-8,11,14-16H,4,9-10H2,1-3H3. The van der Waals surface area contributed by atoms with Crippen LogP contribution >= 0.6 is 0 Å². The summed E-state index contributed by atoms with van der Waals surface area (Å²) >= 11 is 0. The quantitative estimate of drug-likeness (QED) is 0.863. The summed E-state index contributed by atoms with van der Waals surface area (Å²) in [4.78, 5) is 0. The molecule has 1 aliphatic rings. The van der Waals surface area contributed by atoms with Crippen LogP contribution in [0.4, 0.5) is 0 Å². The fourth-order valence-electron chi connectivity index (χ4n) is 2.62. The molecule has 0 saturated carbocycles. The third-order valence-electron chi connectivity index (χ3n) is 3.83. The molecule has 1 aromatic carbocycles. The zero-order valence-corrected chi connectivity index (χ0v) is 11.1. The number of aryl methyl sites for hydroxylation is 1. The SMILES string of the molecule is CCc1ccc(C(NC)C2OCCC2C)cc1. The number of rotatable bonds is 4. The van der Waals surface area contributed by atoms with Crippen molar-refractivity contribution in [2.75, 3.05) is 13.7 Å². The highest BCUT2D eigenvalue weighted by Gasteiger charge is 2.31. The minimum absolute atomic E-state index is 0.312. The predicted octanol–water partition coefficient (Wildman–Crippen LogP) is 2.93. The van der Waals surface area contributed by atoms with Crippen LogP contribution in [0.5, 0.6) is 0 Å². The molecule has 0 aliphatic carbocycles. The molecule has 0 radical (unpaired) electrons. The fourth-order valence-corrected chi connectivity index (χ4v) is 2.62. The van der Waals surface area contributed by atoms with E-state index in [0.29, 0.717) is 18.1 Å². The van der Waals surface area contributed by atoms with Gasteiger partial charge in [0.2, 0.25) is 0 Å². The second-order valence-corrected chi connectivity index (χ2v) is 4.96. The maximum Gasteiger partial charge on any atom is 0.0795 e. The Bertz CT molecular complexity index is 346. The lowest BCUT2D eigenvalue weighted by Crippen LogP contribution is -2.32. The molecule has 3 atom stereocenters. The van der Waals surface area contributed by atoms with Crippen LogP contribution < -0.4 is 5.32 Å². The van der Waals surface area contributed by atoms with Gasteiger partial charge < -0.3 is 10.1 Å². The van der Waals surface area contributed by atoms with E-state index < -0.39 is 0 Å². The topological polar surface area (TPSA) is 21.3 Å². The van der Waals surface area contributed by atoms with Gasteiger partial charge in [0, 0.05) is 6.61 Å². The number of ether oxygens (including phenoxy) is 1. The van der Waals surface area contributed by atoms with E-state index in [9.17, 15) is 0 Å². The van der Waals surface area contributed by atoms with Gasteiger partial charge in [-0.3, -0.25) is 0 Å². The summed E-state index contributed by atoms with van der Waals surface area (Å²) in [7, 11) is 2.02. The van der Waals surface area contributed by atoms with Gasteiger partial charge in [-0.15, -0.1) is 0 Å². The van der Waals surface area contributed by atoms with Gasteiger partial charge in [0.25, 0.3) is 0 Å². The molecule has 17 heavy (non-hydrogen) atoms. The number of nitrogens with one attached hydrogen (secondary N) is 1. The first-order valence-corrected chi connectivity index (χ1v) is 6.64. The monoisotopic (exact) mass is 233 g/mol. The Morgan fingerprint density at radius 3 is 2.53 bits per heavy atom. The highest BCUT2D eigenvalue weighted by Crippen LogP contribution is 2.31. The smallest absolute Gasteiger partial charge is 0.0795 e. The zero-order chi connectivity index (χ0) is 12.3. The van der Waals surface area contributed by atoms with E-state index in [1.807, 2.05) is 7.05 Å². The molecular weight excluding hydrogens is 210 g/mol. The zero-order valence-electron chi connectivity index (χ0n) is 11.1. The highest BCUT2D eigenvalue weighted by atomic mass is 16.5. The molecule has 1 aliphatic heterocycles. The number of hydrogen-bond donors (Lipinski definition) is 1. The fraction of sp³-hybridized carbons (Fsp3) is 0.600. The van der Waals surface area contributed by atoms with Crippen LogP contribution in [0.1, 0.15) is 37.4 Å². The highest BCUT2D eigenvalue weighted by molar-refractivity contribution is 5.26. The average molecular weight is 233 g/mol. The largest absolute Gasteiger partial charge is 0.376 e. The Morgan fingerprint density at radius 1 is 1.35 bits per heavy atom. The summed E-state index contributed by atoms with van der Waals surface area (Å²) in [6, 6.07) is 9.22. The molecule has 0 aromatic heterocycles. The van der Waals surface area contributed by atoms with Crippen molar-refractivity contribution in [3.63, 3.8) is 0 Å². The van der Waals surface area contributed by atoms with Crippen molar-refractivity contribution in [2.24, 2.45) is 5.92 Å². The Balaban J connectivity index is 2.16. The second-order valence-electron chi connectivity index (χ2n) is 4.96. The molecule has 1 aromatic rings. The molecular formula is C15H23NO. The van der Waals surface area contributed by atoms with Gasteiger partial charge in [-0.1, -0.05) is 38.1 Å². The first-order chi connectivity index (χ1) is 8.26. The number of likely N-dealkylation sites (N-methyl/N-ethyl adjacent to an activating group) is 1. The lowest BCUT2D eigenvalue weighted by atomic mass is 9.92. The van der Waals surface area contributed by atoms with Crippen LogP contribution in [0.2, 0.25) is 0 Å². The van der Waals surface area contributed by atoms with E-state index in [2.05, 4.69) is 43.4 Å². The van der Waals surface area contributed by atoms with Gasteiger partial charge in [-0.25, -0.2) is 0 Å². The summed E-state index contributed by atoms with van der Waals surface area (Å²) in [5, 5.41) is 3.40. The van der Waals surface area contributed by atoms with Crippen LogP contribution in [0, 0.1) is 5.92 Å². The molecule has 2 rings (SSSR count). The molecule has 3 unspecified atom stereocenters. The Morgan fingerprint density at radius 2 is 2.06 bits per heavy atom. The number of hydrogen-bond acceptors (Lipinski definition) is 2. The second kappa shape index (κ2) is 5.65. The van der Waals surface area contributed by atoms with E-state index in [0.717, 1.165) is 13.0 Å². The van der Waals surface area contributed by atoms with Crippen LogP contribution in [0.15, 0.2) is 24.3 Å². The third kappa shape index (κ3) is 2.70. The molecule has 0 bridgehead atoms. The Hall–Kier alpha value is -0.860. The summed E-state index contributed by atoms with van der Waals surface area (Å²) < 4.78 is 5.87. The van der Waals surface area contributed by atoms with E-state index in [-0.39, 0.29) is 0 Å². The molecule has 94 valence electrons.